The summed E-state index contributed by atoms with van der Waals surface area (Å²) in [5.74, 6) is -0.395. The zero-order chi connectivity index (χ0) is 12.6. The standard InChI is InChI=1S/C14H16N2O/c1-9-4-7-12(14(15)17)8-13(9)16-10(2)5-6-11(16)3/h4-8H,1-3H3,(H2,15,17). The summed E-state index contributed by atoms with van der Waals surface area (Å²) in [4.78, 5) is 11.2. The summed E-state index contributed by atoms with van der Waals surface area (Å²) < 4.78 is 2.13. The number of rotatable bonds is 2. The SMILES string of the molecule is Cc1ccc(C(N)=O)cc1-n1c(C)ccc1C. The summed E-state index contributed by atoms with van der Waals surface area (Å²) in [6.45, 7) is 6.12. The zero-order valence-electron chi connectivity index (χ0n) is 10.3. The topological polar surface area (TPSA) is 48.0 Å². The minimum absolute atomic E-state index is 0.395. The van der Waals surface area contributed by atoms with Crippen LogP contribution in [0, 0.1) is 20.8 Å². The number of primary amides is 1. The second kappa shape index (κ2) is 4.09. The van der Waals surface area contributed by atoms with Gasteiger partial charge in [-0.15, -0.1) is 0 Å². The van der Waals surface area contributed by atoms with Crippen LogP contribution in [0.25, 0.3) is 5.69 Å². The second-order valence-electron chi connectivity index (χ2n) is 4.32. The van der Waals surface area contributed by atoms with Gasteiger partial charge in [0.1, 0.15) is 0 Å². The first-order valence-electron chi connectivity index (χ1n) is 5.56. The molecular formula is C14H16N2O. The third kappa shape index (κ3) is 1.96. The van der Waals surface area contributed by atoms with Crippen LogP contribution in [0.2, 0.25) is 0 Å². The van der Waals surface area contributed by atoms with Gasteiger partial charge in [0.25, 0.3) is 0 Å². The van der Waals surface area contributed by atoms with Crippen molar-refractivity contribution in [2.75, 3.05) is 0 Å². The van der Waals surface area contributed by atoms with E-state index >= 15 is 0 Å². The minimum Gasteiger partial charge on any atom is -0.366 e. The van der Waals surface area contributed by atoms with E-state index in [0.717, 1.165) is 22.6 Å². The first-order valence-corrected chi connectivity index (χ1v) is 5.56. The number of hydrogen-bond acceptors (Lipinski definition) is 1. The summed E-state index contributed by atoms with van der Waals surface area (Å²) in [6, 6.07) is 9.65. The minimum atomic E-state index is -0.395. The third-order valence-electron chi connectivity index (χ3n) is 3.01. The highest BCUT2D eigenvalue weighted by Crippen LogP contribution is 2.21. The molecule has 17 heavy (non-hydrogen) atoms. The van der Waals surface area contributed by atoms with Crippen molar-refractivity contribution in [3.63, 3.8) is 0 Å². The lowest BCUT2D eigenvalue weighted by Crippen LogP contribution is -2.12. The Morgan fingerprint density at radius 1 is 1.06 bits per heavy atom. The maximum atomic E-state index is 11.2. The van der Waals surface area contributed by atoms with Crippen LogP contribution in [0.5, 0.6) is 0 Å². The second-order valence-corrected chi connectivity index (χ2v) is 4.32. The molecule has 0 fully saturated rings. The molecule has 1 aromatic carbocycles. The van der Waals surface area contributed by atoms with Gasteiger partial charge in [-0.05, 0) is 50.6 Å². The Hall–Kier alpha value is -2.03. The number of amides is 1. The van der Waals surface area contributed by atoms with Crippen LogP contribution in [0.15, 0.2) is 30.3 Å². The molecule has 0 aliphatic heterocycles. The summed E-state index contributed by atoms with van der Waals surface area (Å²) in [6.07, 6.45) is 0. The highest BCUT2D eigenvalue weighted by molar-refractivity contribution is 5.93. The van der Waals surface area contributed by atoms with Crippen LogP contribution in [0.1, 0.15) is 27.3 Å². The Labute approximate surface area is 101 Å². The van der Waals surface area contributed by atoms with Gasteiger partial charge in [-0.25, -0.2) is 0 Å². The van der Waals surface area contributed by atoms with Gasteiger partial charge in [-0.2, -0.15) is 0 Å². The predicted octanol–water partition coefficient (Wildman–Crippen LogP) is 2.50. The lowest BCUT2D eigenvalue weighted by Gasteiger charge is -2.13. The van der Waals surface area contributed by atoms with E-state index in [1.807, 2.05) is 32.9 Å². The van der Waals surface area contributed by atoms with Gasteiger partial charge in [0.05, 0.1) is 0 Å². The van der Waals surface area contributed by atoms with Crippen LogP contribution in [0.3, 0.4) is 0 Å². The molecule has 1 amide bonds. The molecule has 3 heteroatoms. The molecule has 1 heterocycles. The molecule has 0 aliphatic carbocycles. The fourth-order valence-electron chi connectivity index (χ4n) is 2.05. The zero-order valence-corrected chi connectivity index (χ0v) is 10.3. The van der Waals surface area contributed by atoms with Crippen LogP contribution < -0.4 is 5.73 Å². The molecule has 0 radical (unpaired) electrons. The maximum absolute atomic E-state index is 11.2. The van der Waals surface area contributed by atoms with Gasteiger partial charge >= 0.3 is 0 Å². The number of hydrogen-bond donors (Lipinski definition) is 1. The quantitative estimate of drug-likeness (QED) is 0.843. The maximum Gasteiger partial charge on any atom is 0.248 e. The van der Waals surface area contributed by atoms with Gasteiger partial charge in [0.2, 0.25) is 5.91 Å². The van der Waals surface area contributed by atoms with Gasteiger partial charge in [-0.3, -0.25) is 4.79 Å². The average molecular weight is 228 g/mol. The van der Waals surface area contributed by atoms with E-state index in [0.29, 0.717) is 5.56 Å². The Morgan fingerprint density at radius 3 is 2.18 bits per heavy atom. The van der Waals surface area contributed by atoms with Crippen LogP contribution >= 0.6 is 0 Å². The lowest BCUT2D eigenvalue weighted by atomic mass is 10.1. The molecule has 0 atom stereocenters. The average Bonchev–Trinajstić information content (AvgIpc) is 2.59. The Bertz CT molecular complexity index is 562. The largest absolute Gasteiger partial charge is 0.366 e. The van der Waals surface area contributed by atoms with Crippen molar-refractivity contribution in [3.05, 3.63) is 52.8 Å². The molecule has 88 valence electrons. The van der Waals surface area contributed by atoms with Crippen LogP contribution in [-0.4, -0.2) is 10.5 Å². The van der Waals surface area contributed by atoms with E-state index in [1.54, 1.807) is 6.07 Å². The number of aromatic nitrogens is 1. The predicted molar refractivity (Wildman–Crippen MR) is 68.5 cm³/mol. The molecule has 0 bridgehead atoms. The van der Waals surface area contributed by atoms with Crippen molar-refractivity contribution < 1.29 is 4.79 Å². The molecule has 0 saturated carbocycles. The number of carbonyl (C=O) groups is 1. The smallest absolute Gasteiger partial charge is 0.248 e. The van der Waals surface area contributed by atoms with Gasteiger partial charge in [0, 0.05) is 22.6 Å². The van der Waals surface area contributed by atoms with Crippen molar-refractivity contribution >= 4 is 5.91 Å². The normalized spacial score (nSPS) is 10.5. The van der Waals surface area contributed by atoms with Crippen molar-refractivity contribution in [1.29, 1.82) is 0 Å². The Kier molecular flexibility index (Phi) is 2.76. The number of aryl methyl sites for hydroxylation is 3. The molecule has 0 spiro atoms. The fourth-order valence-corrected chi connectivity index (χ4v) is 2.05. The van der Waals surface area contributed by atoms with Gasteiger partial charge in [0.15, 0.2) is 0 Å². The highest BCUT2D eigenvalue weighted by Gasteiger charge is 2.09. The molecule has 3 nitrogen and oxygen atoms in total. The first kappa shape index (κ1) is 11.5. The summed E-state index contributed by atoms with van der Waals surface area (Å²) in [5.41, 5.74) is 10.3. The summed E-state index contributed by atoms with van der Waals surface area (Å²) >= 11 is 0. The van der Waals surface area contributed by atoms with E-state index in [2.05, 4.69) is 16.7 Å². The van der Waals surface area contributed by atoms with Crippen molar-refractivity contribution in [1.82, 2.24) is 4.57 Å². The van der Waals surface area contributed by atoms with E-state index < -0.39 is 5.91 Å². The Balaban J connectivity index is 2.66. The molecule has 1 aromatic heterocycles. The summed E-state index contributed by atoms with van der Waals surface area (Å²) in [5, 5.41) is 0. The van der Waals surface area contributed by atoms with Crippen LogP contribution in [-0.2, 0) is 0 Å². The van der Waals surface area contributed by atoms with E-state index in [1.165, 1.54) is 0 Å². The monoisotopic (exact) mass is 228 g/mol. The molecule has 0 aliphatic rings. The lowest BCUT2D eigenvalue weighted by molar-refractivity contribution is 0.100. The van der Waals surface area contributed by atoms with Gasteiger partial charge in [-0.1, -0.05) is 6.07 Å². The summed E-state index contributed by atoms with van der Waals surface area (Å²) in [7, 11) is 0. The number of nitrogens with zero attached hydrogens (tertiary/aromatic N) is 1. The molecule has 2 aromatic rings. The van der Waals surface area contributed by atoms with E-state index in [-0.39, 0.29) is 0 Å². The Morgan fingerprint density at radius 2 is 1.65 bits per heavy atom. The number of benzene rings is 1. The molecule has 2 rings (SSSR count). The fraction of sp³-hybridized carbons (Fsp3) is 0.214. The van der Waals surface area contributed by atoms with Crippen molar-refractivity contribution in [2.24, 2.45) is 5.73 Å². The van der Waals surface area contributed by atoms with Gasteiger partial charge < -0.3 is 10.3 Å². The molecular weight excluding hydrogens is 212 g/mol. The third-order valence-corrected chi connectivity index (χ3v) is 3.01. The molecule has 0 unspecified atom stereocenters. The molecule has 2 N–H and O–H groups in total. The first-order chi connectivity index (χ1) is 8.00. The van der Waals surface area contributed by atoms with E-state index in [9.17, 15) is 4.79 Å². The highest BCUT2D eigenvalue weighted by atomic mass is 16.1. The van der Waals surface area contributed by atoms with Crippen LogP contribution in [0.4, 0.5) is 0 Å². The number of nitrogens with two attached hydrogens (primary N) is 1. The van der Waals surface area contributed by atoms with Crippen molar-refractivity contribution in [3.8, 4) is 5.69 Å². The van der Waals surface area contributed by atoms with Crippen molar-refractivity contribution in [2.45, 2.75) is 20.8 Å². The van der Waals surface area contributed by atoms with E-state index in [4.69, 9.17) is 5.73 Å². The number of carbonyl (C=O) groups excluding carboxylic acids is 1. The molecule has 0 saturated heterocycles.